The Morgan fingerprint density at radius 1 is 1.00 bits per heavy atom. The van der Waals surface area contributed by atoms with Crippen molar-refractivity contribution in [2.24, 2.45) is 0 Å². The van der Waals surface area contributed by atoms with Crippen LogP contribution in [0.5, 0.6) is 0 Å². The first-order chi connectivity index (χ1) is 18.3. The predicted molar refractivity (Wildman–Crippen MR) is 158 cm³/mol. The smallest absolute Gasteiger partial charge is 0.331 e. The van der Waals surface area contributed by atoms with E-state index in [2.05, 4.69) is 76.2 Å². The molecule has 38 heavy (non-hydrogen) atoms. The molecule has 0 unspecified atom stereocenters. The van der Waals surface area contributed by atoms with Crippen LogP contribution >= 0.6 is 0 Å². The minimum Gasteiger partial charge on any atom is -0.331 e. The van der Waals surface area contributed by atoms with Crippen molar-refractivity contribution in [1.29, 1.82) is 0 Å². The number of benzene rings is 2. The van der Waals surface area contributed by atoms with Crippen LogP contribution in [0.3, 0.4) is 0 Å². The molecule has 7 nitrogen and oxygen atoms in total. The van der Waals surface area contributed by atoms with Gasteiger partial charge in [0.2, 0.25) is 0 Å². The van der Waals surface area contributed by atoms with Crippen molar-refractivity contribution in [3.63, 3.8) is 0 Å². The molecule has 0 aliphatic rings. The molecule has 3 aromatic heterocycles. The number of amides is 2. The second-order valence-electron chi connectivity index (χ2n) is 9.89. The molecule has 0 fully saturated rings. The van der Waals surface area contributed by atoms with Gasteiger partial charge in [0.1, 0.15) is 0 Å². The molecule has 8 heteroatoms. The Labute approximate surface area is 228 Å². The number of hydrogen-bond acceptors (Lipinski definition) is 3. The number of nitrogens with zero attached hydrogens (tertiary/aromatic N) is 4. The van der Waals surface area contributed by atoms with E-state index in [1.807, 2.05) is 35.1 Å². The molecule has 0 bridgehead atoms. The Morgan fingerprint density at radius 3 is 2.37 bits per heavy atom. The quantitative estimate of drug-likeness (QED) is 0.214. The molecule has 5 rings (SSSR count). The van der Waals surface area contributed by atoms with Crippen LogP contribution in [0.1, 0.15) is 12.5 Å². The molecule has 0 atom stereocenters. The number of aryl methyl sites for hydroxylation is 1. The molecule has 0 aliphatic heterocycles. The number of aromatic amines is 1. The summed E-state index contributed by atoms with van der Waals surface area (Å²) >= 11 is -0.708. The van der Waals surface area contributed by atoms with E-state index in [0.29, 0.717) is 0 Å². The van der Waals surface area contributed by atoms with Gasteiger partial charge in [0.25, 0.3) is 0 Å². The number of H-pyrrole nitrogens is 1. The number of carbonyl (C=O) groups excluding carboxylic acids is 1. The molecule has 194 valence electrons. The number of urea groups is 1. The molecule has 0 aliphatic carbocycles. The number of carbonyl (C=O) groups is 1. The van der Waals surface area contributed by atoms with Crippen molar-refractivity contribution in [3.8, 4) is 33.6 Å². The van der Waals surface area contributed by atoms with Crippen LogP contribution in [-0.4, -0.2) is 59.4 Å². The second-order valence-corrected chi connectivity index (χ2v) is 15.1. The Bertz CT molecular complexity index is 1570. The third-order valence-electron chi connectivity index (χ3n) is 6.49. The Balaban J connectivity index is 1.52. The SMILES string of the molecule is CCn1cc(-c2ccnc3[nH]c(-c4ccc(C[As](C)C)cc4)cc23)c(-c2ccc(NC(=O)N(C)C)cc2)n1. The second kappa shape index (κ2) is 10.9. The molecule has 2 N–H and O–H groups in total. The monoisotopic (exact) mass is 568 g/mol. The fourth-order valence-corrected chi connectivity index (χ4v) is 6.49. The van der Waals surface area contributed by atoms with E-state index in [-0.39, 0.29) is 6.03 Å². The molecule has 2 aromatic carbocycles. The molecule has 3 heterocycles. The Hall–Kier alpha value is -3.83. The summed E-state index contributed by atoms with van der Waals surface area (Å²) in [6.45, 7) is 2.85. The van der Waals surface area contributed by atoms with E-state index in [4.69, 9.17) is 5.10 Å². The van der Waals surface area contributed by atoms with Crippen LogP contribution < -0.4 is 5.32 Å². The van der Waals surface area contributed by atoms with Gasteiger partial charge in [0, 0.05) is 26.3 Å². The summed E-state index contributed by atoms with van der Waals surface area (Å²) < 4.78 is 1.96. The van der Waals surface area contributed by atoms with Crippen molar-refractivity contribution in [2.45, 2.75) is 30.1 Å². The molecule has 0 saturated carbocycles. The minimum absolute atomic E-state index is 0.160. The number of hydrogen-bond donors (Lipinski definition) is 2. The van der Waals surface area contributed by atoms with Crippen molar-refractivity contribution in [1.82, 2.24) is 24.6 Å². The van der Waals surface area contributed by atoms with E-state index in [1.54, 1.807) is 14.1 Å². The number of anilines is 1. The minimum atomic E-state index is -0.708. The third kappa shape index (κ3) is 5.39. The van der Waals surface area contributed by atoms with Crippen molar-refractivity contribution >= 4 is 37.4 Å². The van der Waals surface area contributed by atoms with Gasteiger partial charge >= 0.3 is 156 Å². The predicted octanol–water partition coefficient (Wildman–Crippen LogP) is 6.71. The molecule has 0 spiro atoms. The summed E-state index contributed by atoms with van der Waals surface area (Å²) in [6, 6.07) is 20.8. The van der Waals surface area contributed by atoms with Crippen molar-refractivity contribution in [2.75, 3.05) is 19.4 Å². The topological polar surface area (TPSA) is 78.8 Å². The standard InChI is InChI=1S/C30H33AsN6O/c1-6-37-19-26(28(35-37)22-11-13-23(14-12-22)33-30(38)36(4)5)24-15-16-32-29-25(24)17-27(34-29)21-9-7-20(8-10-21)18-31(2)3/h7-17,19H,6,18H2,1-5H3,(H,32,34)(H,33,38). The number of nitrogens with one attached hydrogen (secondary N) is 2. The van der Waals surface area contributed by atoms with Gasteiger partial charge in [-0.2, -0.15) is 0 Å². The van der Waals surface area contributed by atoms with Crippen LogP contribution in [0.25, 0.3) is 44.7 Å². The van der Waals surface area contributed by atoms with Crippen molar-refractivity contribution < 1.29 is 4.79 Å². The molecular formula is C30H33AsN6O. The van der Waals surface area contributed by atoms with E-state index in [0.717, 1.165) is 56.9 Å². The van der Waals surface area contributed by atoms with Crippen molar-refractivity contribution in [3.05, 3.63) is 78.6 Å². The number of rotatable bonds is 7. The molecule has 2 amide bonds. The summed E-state index contributed by atoms with van der Waals surface area (Å²) in [7, 11) is 3.44. The van der Waals surface area contributed by atoms with Crippen LogP contribution in [0.4, 0.5) is 10.5 Å². The first kappa shape index (κ1) is 25.8. The van der Waals surface area contributed by atoms with Crippen LogP contribution in [0, 0.1) is 0 Å². The summed E-state index contributed by atoms with van der Waals surface area (Å²) in [6.07, 6.45) is 3.95. The summed E-state index contributed by atoms with van der Waals surface area (Å²) in [5.74, 6) is 0. The van der Waals surface area contributed by atoms with Gasteiger partial charge in [0.15, 0.2) is 0 Å². The Morgan fingerprint density at radius 2 is 1.71 bits per heavy atom. The zero-order chi connectivity index (χ0) is 26.8. The van der Waals surface area contributed by atoms with Crippen LogP contribution in [0.15, 0.2) is 73.1 Å². The average molecular weight is 569 g/mol. The molecule has 0 saturated heterocycles. The first-order valence-electron chi connectivity index (χ1n) is 12.7. The number of pyridine rings is 1. The fraction of sp³-hybridized carbons (Fsp3) is 0.233. The van der Waals surface area contributed by atoms with Crippen LogP contribution in [-0.2, 0) is 11.8 Å². The fourth-order valence-electron chi connectivity index (χ4n) is 4.51. The molecular weight excluding hydrogens is 535 g/mol. The van der Waals surface area contributed by atoms with Gasteiger partial charge in [-0.1, -0.05) is 12.1 Å². The van der Waals surface area contributed by atoms with E-state index in [9.17, 15) is 4.79 Å². The van der Waals surface area contributed by atoms with Gasteiger partial charge in [-0.25, -0.2) is 4.79 Å². The van der Waals surface area contributed by atoms with E-state index < -0.39 is 14.7 Å². The Kier molecular flexibility index (Phi) is 7.39. The third-order valence-corrected chi connectivity index (χ3v) is 8.58. The van der Waals surface area contributed by atoms with Gasteiger partial charge in [0.05, 0.1) is 0 Å². The summed E-state index contributed by atoms with van der Waals surface area (Å²) in [5, 5.41) is 10.1. The number of aromatic nitrogens is 4. The van der Waals surface area contributed by atoms with Crippen LogP contribution in [0.2, 0.25) is 11.4 Å². The summed E-state index contributed by atoms with van der Waals surface area (Å²) in [5.41, 5.74) is 14.0. The normalized spacial score (nSPS) is 11.3. The van der Waals surface area contributed by atoms with Gasteiger partial charge in [-0.15, -0.1) is 0 Å². The van der Waals surface area contributed by atoms with E-state index >= 15 is 0 Å². The number of fused-ring (bicyclic) bond motifs is 1. The average Bonchev–Trinajstić information content (AvgIpc) is 3.54. The van der Waals surface area contributed by atoms with Gasteiger partial charge in [-0.3, -0.25) is 0 Å². The van der Waals surface area contributed by atoms with Gasteiger partial charge < -0.3 is 10.2 Å². The maximum atomic E-state index is 12.0. The van der Waals surface area contributed by atoms with E-state index in [1.165, 1.54) is 15.7 Å². The maximum absolute atomic E-state index is 12.0. The summed E-state index contributed by atoms with van der Waals surface area (Å²) in [4.78, 5) is 21.7. The zero-order valence-electron chi connectivity index (χ0n) is 22.5. The zero-order valence-corrected chi connectivity index (χ0v) is 24.4. The molecule has 5 aromatic rings. The first-order valence-corrected chi connectivity index (χ1v) is 17.8. The van der Waals surface area contributed by atoms with Gasteiger partial charge in [-0.05, 0) is 19.1 Å². The molecule has 0 radical (unpaired) electrons.